The number of aliphatic hydroxyl groups is 1. The summed E-state index contributed by atoms with van der Waals surface area (Å²) in [6, 6.07) is 4.04. The molecule has 2 saturated carbocycles. The molecule has 0 aromatic carbocycles. The maximum absolute atomic E-state index is 10.6. The molecule has 0 aliphatic heterocycles. The van der Waals surface area contributed by atoms with Gasteiger partial charge in [-0.05, 0) is 37.7 Å². The van der Waals surface area contributed by atoms with Crippen LogP contribution in [0.5, 0.6) is 0 Å². The Hall–Kier alpha value is -0.890. The molecule has 80 valence electrons. The summed E-state index contributed by atoms with van der Waals surface area (Å²) in [6.45, 7) is 1.98. The molecule has 15 heavy (non-hydrogen) atoms. The van der Waals surface area contributed by atoms with Crippen molar-refractivity contribution in [3.63, 3.8) is 0 Å². The van der Waals surface area contributed by atoms with Gasteiger partial charge in [0.1, 0.15) is 0 Å². The number of aryl methyl sites for hydroxylation is 1. The summed E-state index contributed by atoms with van der Waals surface area (Å²) in [6.07, 6.45) is 6.79. The van der Waals surface area contributed by atoms with Gasteiger partial charge >= 0.3 is 0 Å². The van der Waals surface area contributed by atoms with E-state index in [1.807, 2.05) is 25.3 Å². The van der Waals surface area contributed by atoms with Crippen LogP contribution in [0.1, 0.15) is 36.9 Å². The maximum atomic E-state index is 10.6. The van der Waals surface area contributed by atoms with E-state index >= 15 is 0 Å². The van der Waals surface area contributed by atoms with Crippen LogP contribution in [-0.2, 0) is 5.60 Å². The first-order valence-corrected chi connectivity index (χ1v) is 5.88. The van der Waals surface area contributed by atoms with Crippen LogP contribution in [-0.4, -0.2) is 10.1 Å². The van der Waals surface area contributed by atoms with Crippen molar-refractivity contribution in [3.05, 3.63) is 29.6 Å². The Kier molecular flexibility index (Phi) is 1.90. The van der Waals surface area contributed by atoms with Crippen LogP contribution < -0.4 is 0 Å². The molecule has 3 rings (SSSR count). The lowest BCUT2D eigenvalue weighted by molar-refractivity contribution is 0.117. The molecule has 0 saturated heterocycles. The Bertz CT molecular complexity index is 359. The molecule has 1 N–H and O–H groups in total. The number of hydrogen-bond acceptors (Lipinski definition) is 2. The second-order valence-electron chi connectivity index (χ2n) is 5.01. The Morgan fingerprint density at radius 1 is 1.27 bits per heavy atom. The lowest BCUT2D eigenvalue weighted by Crippen LogP contribution is -2.10. The zero-order valence-electron chi connectivity index (χ0n) is 9.11. The third-order valence-electron chi connectivity index (χ3n) is 4.16. The molecule has 2 fully saturated rings. The standard InChI is InChI=1S/C13H17NO/c1-9-6-7-10(8-14-9)13(15)11-4-2-3-5-12(11)13/h6-8,11-12,15H,2-5H2,1H3. The van der Waals surface area contributed by atoms with Crippen molar-refractivity contribution in [2.75, 3.05) is 0 Å². The van der Waals surface area contributed by atoms with E-state index in [4.69, 9.17) is 0 Å². The first-order chi connectivity index (χ1) is 7.23. The summed E-state index contributed by atoms with van der Waals surface area (Å²) in [5.74, 6) is 1.02. The molecule has 2 aliphatic carbocycles. The quantitative estimate of drug-likeness (QED) is 0.760. The molecule has 1 aromatic rings. The summed E-state index contributed by atoms with van der Waals surface area (Å²) >= 11 is 0. The monoisotopic (exact) mass is 203 g/mol. The molecular formula is C13H17NO. The largest absolute Gasteiger partial charge is 0.385 e. The second-order valence-corrected chi connectivity index (χ2v) is 5.01. The lowest BCUT2D eigenvalue weighted by Gasteiger charge is -2.10. The van der Waals surface area contributed by atoms with E-state index < -0.39 is 5.60 Å². The van der Waals surface area contributed by atoms with Crippen molar-refractivity contribution >= 4 is 0 Å². The summed E-state index contributed by atoms with van der Waals surface area (Å²) in [5.41, 5.74) is 1.52. The van der Waals surface area contributed by atoms with E-state index in [2.05, 4.69) is 4.98 Å². The summed E-state index contributed by atoms with van der Waals surface area (Å²) in [5, 5.41) is 10.6. The molecule has 2 atom stereocenters. The van der Waals surface area contributed by atoms with Gasteiger partial charge in [0, 0.05) is 17.5 Å². The van der Waals surface area contributed by atoms with Gasteiger partial charge in [-0.2, -0.15) is 0 Å². The van der Waals surface area contributed by atoms with Crippen molar-refractivity contribution in [1.29, 1.82) is 0 Å². The van der Waals surface area contributed by atoms with Crippen molar-refractivity contribution in [1.82, 2.24) is 4.98 Å². The van der Waals surface area contributed by atoms with Crippen LogP contribution in [0.4, 0.5) is 0 Å². The number of aromatic nitrogens is 1. The minimum Gasteiger partial charge on any atom is -0.385 e. The molecule has 1 aromatic heterocycles. The van der Waals surface area contributed by atoms with Crippen LogP contribution in [0.25, 0.3) is 0 Å². The Labute approximate surface area is 90.4 Å². The fourth-order valence-corrected chi connectivity index (χ4v) is 3.23. The summed E-state index contributed by atoms with van der Waals surface area (Å²) < 4.78 is 0. The first-order valence-electron chi connectivity index (χ1n) is 5.88. The van der Waals surface area contributed by atoms with Gasteiger partial charge in [0.05, 0.1) is 5.60 Å². The van der Waals surface area contributed by atoms with Gasteiger partial charge in [-0.3, -0.25) is 4.98 Å². The van der Waals surface area contributed by atoms with E-state index in [1.54, 1.807) is 0 Å². The zero-order valence-corrected chi connectivity index (χ0v) is 9.11. The van der Waals surface area contributed by atoms with E-state index in [0.29, 0.717) is 11.8 Å². The average molecular weight is 203 g/mol. The molecule has 0 spiro atoms. The molecule has 0 radical (unpaired) electrons. The van der Waals surface area contributed by atoms with E-state index in [-0.39, 0.29) is 0 Å². The average Bonchev–Trinajstić information content (AvgIpc) is 2.88. The minimum absolute atomic E-state index is 0.510. The number of pyridine rings is 1. The van der Waals surface area contributed by atoms with Crippen molar-refractivity contribution in [3.8, 4) is 0 Å². The van der Waals surface area contributed by atoms with Crippen molar-refractivity contribution in [2.24, 2.45) is 11.8 Å². The van der Waals surface area contributed by atoms with Crippen molar-refractivity contribution < 1.29 is 5.11 Å². The fourth-order valence-electron chi connectivity index (χ4n) is 3.23. The number of rotatable bonds is 1. The van der Waals surface area contributed by atoms with Crippen LogP contribution in [0.15, 0.2) is 18.3 Å². The Balaban J connectivity index is 1.91. The van der Waals surface area contributed by atoms with Gasteiger partial charge in [-0.15, -0.1) is 0 Å². The molecule has 0 bridgehead atoms. The van der Waals surface area contributed by atoms with E-state index in [9.17, 15) is 5.11 Å². The highest BCUT2D eigenvalue weighted by molar-refractivity contribution is 5.31. The van der Waals surface area contributed by atoms with Gasteiger partial charge in [0.2, 0.25) is 0 Å². The molecule has 2 nitrogen and oxygen atoms in total. The number of hydrogen-bond donors (Lipinski definition) is 1. The van der Waals surface area contributed by atoms with Gasteiger partial charge in [-0.25, -0.2) is 0 Å². The third kappa shape index (κ3) is 1.24. The van der Waals surface area contributed by atoms with E-state index in [0.717, 1.165) is 11.3 Å². The number of nitrogens with zero attached hydrogens (tertiary/aromatic N) is 1. The van der Waals surface area contributed by atoms with E-state index in [1.165, 1.54) is 25.7 Å². The van der Waals surface area contributed by atoms with Gasteiger partial charge in [0.25, 0.3) is 0 Å². The second kappa shape index (κ2) is 3.05. The molecular weight excluding hydrogens is 186 g/mol. The highest BCUT2D eigenvalue weighted by atomic mass is 16.3. The fraction of sp³-hybridized carbons (Fsp3) is 0.615. The Morgan fingerprint density at radius 3 is 2.47 bits per heavy atom. The van der Waals surface area contributed by atoms with Gasteiger partial charge < -0.3 is 5.11 Å². The molecule has 1 heterocycles. The SMILES string of the molecule is Cc1ccc(C2(O)C3CCCCC32)cn1. The zero-order chi connectivity index (χ0) is 10.5. The van der Waals surface area contributed by atoms with Crippen LogP contribution in [0.3, 0.4) is 0 Å². The summed E-state index contributed by atoms with van der Waals surface area (Å²) in [4.78, 5) is 4.28. The molecule has 0 amide bonds. The first kappa shape index (κ1) is 9.34. The molecule has 2 unspecified atom stereocenters. The molecule has 2 heteroatoms. The van der Waals surface area contributed by atoms with Gasteiger partial charge in [0.15, 0.2) is 0 Å². The highest BCUT2D eigenvalue weighted by Gasteiger charge is 2.64. The highest BCUT2D eigenvalue weighted by Crippen LogP contribution is 2.64. The third-order valence-corrected chi connectivity index (χ3v) is 4.16. The number of fused-ring (bicyclic) bond motifs is 1. The maximum Gasteiger partial charge on any atom is 0.0975 e. The van der Waals surface area contributed by atoms with Crippen LogP contribution in [0, 0.1) is 18.8 Å². The predicted octanol–water partition coefficient (Wildman–Crippen LogP) is 2.40. The Morgan fingerprint density at radius 2 is 1.93 bits per heavy atom. The lowest BCUT2D eigenvalue weighted by atomic mass is 10.0. The predicted molar refractivity (Wildman–Crippen MR) is 58.3 cm³/mol. The van der Waals surface area contributed by atoms with Crippen LogP contribution >= 0.6 is 0 Å². The normalized spacial score (nSPS) is 38.5. The minimum atomic E-state index is -0.531. The topological polar surface area (TPSA) is 33.1 Å². The van der Waals surface area contributed by atoms with Crippen molar-refractivity contribution in [2.45, 2.75) is 38.2 Å². The van der Waals surface area contributed by atoms with Gasteiger partial charge in [-0.1, -0.05) is 18.9 Å². The molecule has 2 aliphatic rings. The summed E-state index contributed by atoms with van der Waals surface area (Å²) in [7, 11) is 0. The smallest absolute Gasteiger partial charge is 0.0975 e. The van der Waals surface area contributed by atoms with Crippen LogP contribution in [0.2, 0.25) is 0 Å².